The third kappa shape index (κ3) is 2.94. The summed E-state index contributed by atoms with van der Waals surface area (Å²) in [7, 11) is 1.35. The largest absolute Gasteiger partial charge is 0.494 e. The summed E-state index contributed by atoms with van der Waals surface area (Å²) in [5.74, 6) is -1.74. The van der Waals surface area contributed by atoms with Gasteiger partial charge >= 0.3 is 5.97 Å². The molecule has 0 atom stereocenters. The van der Waals surface area contributed by atoms with Gasteiger partial charge in [0.2, 0.25) is 0 Å². The molecule has 0 aliphatic rings. The van der Waals surface area contributed by atoms with Crippen LogP contribution in [0.25, 0.3) is 10.9 Å². The van der Waals surface area contributed by atoms with Crippen LogP contribution in [0.15, 0.2) is 36.4 Å². The Balaban J connectivity index is 2.10. The van der Waals surface area contributed by atoms with Crippen LogP contribution in [0.5, 0.6) is 5.75 Å². The summed E-state index contributed by atoms with van der Waals surface area (Å²) in [5, 5.41) is 23.5. The number of halogens is 1. The van der Waals surface area contributed by atoms with E-state index in [9.17, 15) is 19.3 Å². The number of hydrogen-bond donors (Lipinski definition) is 3. The first-order chi connectivity index (χ1) is 11.9. The highest BCUT2D eigenvalue weighted by molar-refractivity contribution is 6.03. The molecule has 25 heavy (non-hydrogen) atoms. The maximum absolute atomic E-state index is 13.8. The second-order valence-corrected chi connectivity index (χ2v) is 5.14. The molecule has 3 N–H and O–H groups in total. The van der Waals surface area contributed by atoms with Crippen molar-refractivity contribution in [3.8, 4) is 5.75 Å². The Morgan fingerprint density at radius 3 is 2.68 bits per heavy atom. The van der Waals surface area contributed by atoms with Crippen LogP contribution >= 0.6 is 0 Å². The molecule has 1 aromatic heterocycles. The van der Waals surface area contributed by atoms with Gasteiger partial charge in [-0.2, -0.15) is 0 Å². The first-order valence-corrected chi connectivity index (χ1v) is 7.04. The van der Waals surface area contributed by atoms with Crippen LogP contribution in [0.3, 0.4) is 0 Å². The van der Waals surface area contributed by atoms with E-state index in [-0.39, 0.29) is 22.6 Å². The zero-order valence-electron chi connectivity index (χ0n) is 12.9. The van der Waals surface area contributed by atoms with E-state index in [2.05, 4.69) is 10.3 Å². The molecule has 128 valence electrons. The Hall–Kier alpha value is -3.62. The number of ether oxygens (including phenoxy) is 1. The average Bonchev–Trinajstić information content (AvgIpc) is 3.01. The van der Waals surface area contributed by atoms with Gasteiger partial charge in [0.25, 0.3) is 5.69 Å². The van der Waals surface area contributed by atoms with Crippen molar-refractivity contribution in [1.29, 1.82) is 0 Å². The second-order valence-electron chi connectivity index (χ2n) is 5.14. The smallest absolute Gasteiger partial charge is 0.352 e. The van der Waals surface area contributed by atoms with Gasteiger partial charge in [0.05, 0.1) is 12.0 Å². The molecule has 0 aliphatic heterocycles. The Labute approximate surface area is 140 Å². The molecule has 0 aliphatic carbocycles. The lowest BCUT2D eigenvalue weighted by molar-refractivity contribution is -0.383. The summed E-state index contributed by atoms with van der Waals surface area (Å²) in [6, 6.07) is 8.17. The monoisotopic (exact) mass is 345 g/mol. The van der Waals surface area contributed by atoms with Crippen molar-refractivity contribution < 1.29 is 24.0 Å². The molecular weight excluding hydrogens is 333 g/mol. The van der Waals surface area contributed by atoms with Crippen LogP contribution in [0.2, 0.25) is 0 Å². The van der Waals surface area contributed by atoms with E-state index >= 15 is 0 Å². The fourth-order valence-corrected chi connectivity index (χ4v) is 2.48. The zero-order valence-corrected chi connectivity index (χ0v) is 12.9. The number of fused-ring (bicyclic) bond motifs is 1. The van der Waals surface area contributed by atoms with Crippen molar-refractivity contribution >= 4 is 33.9 Å². The fraction of sp³-hybridized carbons (Fsp3) is 0.0625. The summed E-state index contributed by atoms with van der Waals surface area (Å²) >= 11 is 0. The summed E-state index contributed by atoms with van der Waals surface area (Å²) in [6.07, 6.45) is 0. The molecule has 0 spiro atoms. The topological polar surface area (TPSA) is 117 Å². The van der Waals surface area contributed by atoms with E-state index in [1.165, 1.54) is 37.4 Å². The van der Waals surface area contributed by atoms with Crippen molar-refractivity contribution in [1.82, 2.24) is 4.98 Å². The van der Waals surface area contributed by atoms with Gasteiger partial charge in [-0.3, -0.25) is 10.1 Å². The second kappa shape index (κ2) is 6.11. The molecule has 3 aromatic rings. The Bertz CT molecular complexity index is 999. The number of nitro groups is 1. The Morgan fingerprint density at radius 1 is 1.32 bits per heavy atom. The van der Waals surface area contributed by atoms with Crippen LogP contribution in [0.4, 0.5) is 21.5 Å². The zero-order chi connectivity index (χ0) is 18.1. The predicted molar refractivity (Wildman–Crippen MR) is 88.1 cm³/mol. The molecule has 2 aromatic carbocycles. The van der Waals surface area contributed by atoms with Gasteiger partial charge in [0.1, 0.15) is 11.2 Å². The van der Waals surface area contributed by atoms with Crippen molar-refractivity contribution in [3.63, 3.8) is 0 Å². The molecule has 0 amide bonds. The number of anilines is 2. The van der Waals surface area contributed by atoms with E-state index in [1.807, 2.05) is 0 Å². The number of aromatic carboxylic acids is 1. The number of nitrogens with one attached hydrogen (secondary N) is 2. The van der Waals surface area contributed by atoms with Crippen LogP contribution in [-0.2, 0) is 0 Å². The minimum Gasteiger partial charge on any atom is -0.494 e. The number of methoxy groups -OCH3 is 1. The molecule has 0 fully saturated rings. The number of rotatable bonds is 5. The quantitative estimate of drug-likeness (QED) is 0.480. The minimum absolute atomic E-state index is 0.0707. The number of aromatic nitrogens is 1. The number of nitro benzene ring substituents is 1. The molecule has 0 saturated heterocycles. The Morgan fingerprint density at radius 2 is 2.08 bits per heavy atom. The normalized spacial score (nSPS) is 10.6. The summed E-state index contributed by atoms with van der Waals surface area (Å²) in [6.45, 7) is 0. The van der Waals surface area contributed by atoms with Crippen LogP contribution < -0.4 is 10.1 Å². The van der Waals surface area contributed by atoms with Gasteiger partial charge in [0.15, 0.2) is 11.6 Å². The molecule has 0 unspecified atom stereocenters. The van der Waals surface area contributed by atoms with E-state index in [4.69, 9.17) is 9.84 Å². The molecule has 8 nitrogen and oxygen atoms in total. The molecule has 0 radical (unpaired) electrons. The number of carboxylic acids is 1. The number of carbonyl (C=O) groups is 1. The molecular formula is C16H12FN3O5. The fourth-order valence-electron chi connectivity index (χ4n) is 2.48. The number of benzene rings is 2. The first-order valence-electron chi connectivity index (χ1n) is 7.04. The van der Waals surface area contributed by atoms with Gasteiger partial charge in [-0.05, 0) is 24.3 Å². The van der Waals surface area contributed by atoms with E-state index in [0.29, 0.717) is 16.8 Å². The molecule has 1 heterocycles. The summed E-state index contributed by atoms with van der Waals surface area (Å²) in [5.41, 5.74) is 0.407. The van der Waals surface area contributed by atoms with Crippen LogP contribution in [-0.4, -0.2) is 28.1 Å². The number of aromatic amines is 1. The van der Waals surface area contributed by atoms with E-state index in [1.54, 1.807) is 6.07 Å². The van der Waals surface area contributed by atoms with Gasteiger partial charge in [-0.25, -0.2) is 9.18 Å². The SMILES string of the molecule is COc1ccc(Nc2ccc([N+](=O)[O-])c3[nH]c(C(=O)O)cc23)cc1F. The van der Waals surface area contributed by atoms with Gasteiger partial charge in [0, 0.05) is 28.9 Å². The highest BCUT2D eigenvalue weighted by Crippen LogP contribution is 2.34. The Kier molecular flexibility index (Phi) is 3.97. The molecule has 3 rings (SSSR count). The summed E-state index contributed by atoms with van der Waals surface area (Å²) in [4.78, 5) is 24.2. The number of non-ortho nitro benzene ring substituents is 1. The van der Waals surface area contributed by atoms with Crippen molar-refractivity contribution in [3.05, 3.63) is 58.0 Å². The molecule has 9 heteroatoms. The average molecular weight is 345 g/mol. The van der Waals surface area contributed by atoms with Gasteiger partial charge < -0.3 is 20.1 Å². The maximum Gasteiger partial charge on any atom is 0.352 e. The third-order valence-corrected chi connectivity index (χ3v) is 3.63. The van der Waals surface area contributed by atoms with Gasteiger partial charge in [-0.15, -0.1) is 0 Å². The van der Waals surface area contributed by atoms with Crippen LogP contribution in [0.1, 0.15) is 10.5 Å². The lowest BCUT2D eigenvalue weighted by Gasteiger charge is -2.09. The van der Waals surface area contributed by atoms with E-state index < -0.39 is 16.7 Å². The third-order valence-electron chi connectivity index (χ3n) is 3.63. The molecule has 0 bridgehead atoms. The number of nitrogens with zero attached hydrogens (tertiary/aromatic N) is 1. The number of carboxylic acid groups (broad SMARTS) is 1. The maximum atomic E-state index is 13.8. The van der Waals surface area contributed by atoms with E-state index in [0.717, 1.165) is 0 Å². The minimum atomic E-state index is -1.24. The lowest BCUT2D eigenvalue weighted by Crippen LogP contribution is -1.96. The first kappa shape index (κ1) is 16.2. The predicted octanol–water partition coefficient (Wildman–Crippen LogP) is 3.67. The van der Waals surface area contributed by atoms with Gasteiger partial charge in [-0.1, -0.05) is 0 Å². The standard InChI is InChI=1S/C16H12FN3O5/c1-25-14-5-2-8(6-10(14)17)18-11-3-4-13(20(23)24)15-9(11)7-12(19-15)16(21)22/h2-7,18-19H,1H3,(H,21,22). The van der Waals surface area contributed by atoms with Crippen molar-refractivity contribution in [2.75, 3.05) is 12.4 Å². The van der Waals surface area contributed by atoms with Crippen molar-refractivity contribution in [2.24, 2.45) is 0 Å². The number of H-pyrrole nitrogens is 1. The highest BCUT2D eigenvalue weighted by atomic mass is 19.1. The number of hydrogen-bond acceptors (Lipinski definition) is 5. The van der Waals surface area contributed by atoms with Crippen LogP contribution in [0, 0.1) is 15.9 Å². The highest BCUT2D eigenvalue weighted by Gasteiger charge is 2.19. The lowest BCUT2D eigenvalue weighted by atomic mass is 10.1. The van der Waals surface area contributed by atoms with Crippen molar-refractivity contribution in [2.45, 2.75) is 0 Å². The molecule has 0 saturated carbocycles. The summed E-state index contributed by atoms with van der Waals surface area (Å²) < 4.78 is 18.7.